The van der Waals surface area contributed by atoms with Crippen LogP contribution in [0, 0.1) is 5.92 Å². The molecule has 78 valence electrons. The maximum atomic E-state index is 5.80. The maximum absolute atomic E-state index is 5.80. The van der Waals surface area contributed by atoms with Gasteiger partial charge in [-0.1, -0.05) is 25.8 Å². The standard InChI is InChI=1S/C10H21NOS/c1-9(2)8-12-10-4-6-11(13-3)7-5-10/h9-10H,4-8H2,1-3H3. The molecule has 0 radical (unpaired) electrons. The van der Waals surface area contributed by atoms with Gasteiger partial charge in [0, 0.05) is 19.7 Å². The number of hydrogen-bond acceptors (Lipinski definition) is 3. The predicted octanol–water partition coefficient (Wildman–Crippen LogP) is 2.40. The van der Waals surface area contributed by atoms with Gasteiger partial charge >= 0.3 is 0 Å². The van der Waals surface area contributed by atoms with Gasteiger partial charge in [0.25, 0.3) is 0 Å². The van der Waals surface area contributed by atoms with Gasteiger partial charge in [-0.15, -0.1) is 0 Å². The summed E-state index contributed by atoms with van der Waals surface area (Å²) in [6.07, 6.45) is 5.07. The molecule has 1 saturated heterocycles. The van der Waals surface area contributed by atoms with Gasteiger partial charge in [-0.3, -0.25) is 4.31 Å². The maximum Gasteiger partial charge on any atom is 0.0600 e. The summed E-state index contributed by atoms with van der Waals surface area (Å²) in [7, 11) is 0. The molecule has 0 bridgehead atoms. The monoisotopic (exact) mass is 203 g/mol. The third kappa shape index (κ3) is 4.34. The molecule has 0 atom stereocenters. The van der Waals surface area contributed by atoms with Crippen molar-refractivity contribution >= 4 is 11.9 Å². The van der Waals surface area contributed by atoms with Crippen LogP contribution in [-0.2, 0) is 4.74 Å². The minimum atomic E-state index is 0.519. The van der Waals surface area contributed by atoms with Crippen LogP contribution in [0.3, 0.4) is 0 Å². The fourth-order valence-corrected chi connectivity index (χ4v) is 2.09. The molecule has 0 aromatic rings. The van der Waals surface area contributed by atoms with Crippen LogP contribution in [0.1, 0.15) is 26.7 Å². The topological polar surface area (TPSA) is 12.5 Å². The molecule has 0 spiro atoms. The highest BCUT2D eigenvalue weighted by Crippen LogP contribution is 2.18. The molecule has 1 fully saturated rings. The first-order valence-electron chi connectivity index (χ1n) is 5.13. The fraction of sp³-hybridized carbons (Fsp3) is 1.00. The second-order valence-corrected chi connectivity index (χ2v) is 4.92. The van der Waals surface area contributed by atoms with Crippen molar-refractivity contribution in [3.05, 3.63) is 0 Å². The van der Waals surface area contributed by atoms with Crippen LogP contribution in [0.4, 0.5) is 0 Å². The molecule has 1 rings (SSSR count). The first kappa shape index (κ1) is 11.3. The number of ether oxygens (including phenoxy) is 1. The summed E-state index contributed by atoms with van der Waals surface area (Å²) in [5.74, 6) is 0.665. The van der Waals surface area contributed by atoms with E-state index in [1.165, 1.54) is 25.9 Å². The minimum Gasteiger partial charge on any atom is -0.378 e. The number of nitrogens with zero attached hydrogens (tertiary/aromatic N) is 1. The first-order chi connectivity index (χ1) is 6.22. The molecule has 2 nitrogen and oxygen atoms in total. The van der Waals surface area contributed by atoms with Crippen molar-refractivity contribution in [2.75, 3.05) is 26.0 Å². The lowest BCUT2D eigenvalue weighted by molar-refractivity contribution is 0.00867. The minimum absolute atomic E-state index is 0.519. The highest BCUT2D eigenvalue weighted by Gasteiger charge is 2.18. The molecule has 0 N–H and O–H groups in total. The molecular formula is C10H21NOS. The highest BCUT2D eigenvalue weighted by atomic mass is 32.2. The Hall–Kier alpha value is 0.270. The average molecular weight is 203 g/mol. The van der Waals surface area contributed by atoms with Gasteiger partial charge in [-0.25, -0.2) is 0 Å². The van der Waals surface area contributed by atoms with Crippen LogP contribution in [0.15, 0.2) is 0 Å². The Bertz CT molecular complexity index is 133. The van der Waals surface area contributed by atoms with Crippen LogP contribution < -0.4 is 0 Å². The van der Waals surface area contributed by atoms with E-state index in [-0.39, 0.29) is 0 Å². The third-order valence-corrected chi connectivity index (χ3v) is 3.21. The smallest absolute Gasteiger partial charge is 0.0600 e. The lowest BCUT2D eigenvalue weighted by Crippen LogP contribution is -2.33. The van der Waals surface area contributed by atoms with E-state index in [0.717, 1.165) is 6.61 Å². The number of rotatable bonds is 4. The zero-order valence-electron chi connectivity index (χ0n) is 8.95. The third-order valence-electron chi connectivity index (χ3n) is 2.32. The van der Waals surface area contributed by atoms with Crippen molar-refractivity contribution in [2.24, 2.45) is 5.92 Å². The quantitative estimate of drug-likeness (QED) is 0.651. The van der Waals surface area contributed by atoms with Gasteiger partial charge in [-0.05, 0) is 25.0 Å². The summed E-state index contributed by atoms with van der Waals surface area (Å²) in [5, 5.41) is 0. The van der Waals surface area contributed by atoms with Crippen molar-refractivity contribution < 1.29 is 4.74 Å². The van der Waals surface area contributed by atoms with E-state index in [1.54, 1.807) is 0 Å². The molecular weight excluding hydrogens is 182 g/mol. The van der Waals surface area contributed by atoms with Crippen molar-refractivity contribution in [3.63, 3.8) is 0 Å². The summed E-state index contributed by atoms with van der Waals surface area (Å²) in [5.41, 5.74) is 0. The normalized spacial score (nSPS) is 21.2. The summed E-state index contributed by atoms with van der Waals surface area (Å²) in [4.78, 5) is 0. The molecule has 0 aliphatic carbocycles. The molecule has 0 unspecified atom stereocenters. The Kier molecular flexibility index (Phi) is 5.14. The van der Waals surface area contributed by atoms with E-state index < -0.39 is 0 Å². The van der Waals surface area contributed by atoms with Crippen molar-refractivity contribution in [1.82, 2.24) is 4.31 Å². The summed E-state index contributed by atoms with van der Waals surface area (Å²) < 4.78 is 8.21. The van der Waals surface area contributed by atoms with Crippen molar-refractivity contribution in [1.29, 1.82) is 0 Å². The summed E-state index contributed by atoms with van der Waals surface area (Å²) in [6.45, 7) is 7.70. The van der Waals surface area contributed by atoms with Gasteiger partial charge in [0.15, 0.2) is 0 Å². The lowest BCUT2D eigenvalue weighted by Gasteiger charge is -2.30. The lowest BCUT2D eigenvalue weighted by atomic mass is 10.1. The molecule has 1 aliphatic rings. The fourth-order valence-electron chi connectivity index (χ4n) is 1.51. The second-order valence-electron chi connectivity index (χ2n) is 4.04. The number of hydrogen-bond donors (Lipinski definition) is 0. The van der Waals surface area contributed by atoms with E-state index >= 15 is 0 Å². The van der Waals surface area contributed by atoms with Gasteiger partial charge in [-0.2, -0.15) is 0 Å². The molecule has 0 aromatic carbocycles. The van der Waals surface area contributed by atoms with Gasteiger partial charge in [0.1, 0.15) is 0 Å². The van der Waals surface area contributed by atoms with E-state index in [4.69, 9.17) is 4.74 Å². The van der Waals surface area contributed by atoms with E-state index in [9.17, 15) is 0 Å². The average Bonchev–Trinajstić information content (AvgIpc) is 2.15. The Labute approximate surface area is 86.1 Å². The zero-order chi connectivity index (χ0) is 9.68. The van der Waals surface area contributed by atoms with Crippen LogP contribution in [-0.4, -0.2) is 36.4 Å². The van der Waals surface area contributed by atoms with Gasteiger partial charge in [0.2, 0.25) is 0 Å². The molecule has 1 heterocycles. The van der Waals surface area contributed by atoms with Crippen LogP contribution in [0.5, 0.6) is 0 Å². The molecule has 3 heteroatoms. The van der Waals surface area contributed by atoms with Crippen LogP contribution in [0.25, 0.3) is 0 Å². The van der Waals surface area contributed by atoms with E-state index in [0.29, 0.717) is 12.0 Å². The van der Waals surface area contributed by atoms with Gasteiger partial charge < -0.3 is 4.74 Å². The predicted molar refractivity (Wildman–Crippen MR) is 58.9 cm³/mol. The Balaban J connectivity index is 2.10. The first-order valence-corrected chi connectivity index (χ1v) is 6.31. The van der Waals surface area contributed by atoms with Crippen LogP contribution in [0.2, 0.25) is 0 Å². The summed E-state index contributed by atoms with van der Waals surface area (Å²) >= 11 is 1.85. The Morgan fingerprint density at radius 1 is 1.38 bits per heavy atom. The van der Waals surface area contributed by atoms with E-state index in [1.807, 2.05) is 11.9 Å². The molecule has 0 saturated carbocycles. The van der Waals surface area contributed by atoms with Crippen molar-refractivity contribution in [2.45, 2.75) is 32.8 Å². The van der Waals surface area contributed by atoms with Crippen LogP contribution >= 0.6 is 11.9 Å². The van der Waals surface area contributed by atoms with Crippen molar-refractivity contribution in [3.8, 4) is 0 Å². The Morgan fingerprint density at radius 2 is 2.00 bits per heavy atom. The highest BCUT2D eigenvalue weighted by molar-refractivity contribution is 7.96. The molecule has 0 aromatic heterocycles. The number of piperidine rings is 1. The molecule has 0 amide bonds. The van der Waals surface area contributed by atoms with E-state index in [2.05, 4.69) is 24.4 Å². The zero-order valence-corrected chi connectivity index (χ0v) is 9.77. The summed E-state index contributed by atoms with van der Waals surface area (Å²) in [6, 6.07) is 0. The second kappa shape index (κ2) is 5.89. The SMILES string of the molecule is CSN1CCC(OCC(C)C)CC1. The molecule has 13 heavy (non-hydrogen) atoms. The molecule has 1 aliphatic heterocycles. The Morgan fingerprint density at radius 3 is 2.46 bits per heavy atom. The largest absolute Gasteiger partial charge is 0.378 e. The van der Waals surface area contributed by atoms with Gasteiger partial charge in [0.05, 0.1) is 6.10 Å².